The van der Waals surface area contributed by atoms with Crippen molar-refractivity contribution in [2.45, 2.75) is 0 Å². The number of halogens is 1. The van der Waals surface area contributed by atoms with Gasteiger partial charge in [-0.25, -0.2) is 0 Å². The fourth-order valence-electron chi connectivity index (χ4n) is 1.32. The molecule has 0 aliphatic rings. The smallest absolute Gasteiger partial charge is 0.0478 e. The Balaban J connectivity index is 2.32. The van der Waals surface area contributed by atoms with Crippen molar-refractivity contribution < 1.29 is 0 Å². The highest BCUT2D eigenvalue weighted by molar-refractivity contribution is 6.30. The van der Waals surface area contributed by atoms with Gasteiger partial charge in [0.15, 0.2) is 0 Å². The molecule has 2 aromatic rings. The van der Waals surface area contributed by atoms with Gasteiger partial charge in [0, 0.05) is 21.8 Å². The monoisotopic (exact) mass is 227 g/mol. The zero-order valence-corrected chi connectivity index (χ0v) is 9.33. The average molecular weight is 228 g/mol. The van der Waals surface area contributed by atoms with Gasteiger partial charge in [0.25, 0.3) is 0 Å². The lowest BCUT2D eigenvalue weighted by molar-refractivity contribution is 1.61. The Morgan fingerprint density at radius 2 is 1.75 bits per heavy atom. The predicted octanol–water partition coefficient (Wildman–Crippen LogP) is 3.32. The number of nitrogen functional groups attached to an aromatic ring is 1. The number of rotatable bonds is 0. The van der Waals surface area contributed by atoms with Gasteiger partial charge in [-0.05, 0) is 30.3 Å². The van der Waals surface area contributed by atoms with Crippen LogP contribution in [0.4, 0.5) is 5.69 Å². The predicted molar refractivity (Wildman–Crippen MR) is 68.3 cm³/mol. The fraction of sp³-hybridized carbons (Fsp3) is 0. The van der Waals surface area contributed by atoms with E-state index in [9.17, 15) is 0 Å². The summed E-state index contributed by atoms with van der Waals surface area (Å²) in [6, 6.07) is 15.0. The van der Waals surface area contributed by atoms with Gasteiger partial charge in [-0.1, -0.05) is 41.6 Å². The van der Waals surface area contributed by atoms with E-state index in [0.29, 0.717) is 10.7 Å². The number of nitrogens with two attached hydrogens (primary N) is 1. The molecule has 0 aliphatic carbocycles. The summed E-state index contributed by atoms with van der Waals surface area (Å²) >= 11 is 5.87. The minimum atomic E-state index is 0.688. The molecule has 0 radical (unpaired) electrons. The van der Waals surface area contributed by atoms with E-state index in [-0.39, 0.29) is 0 Å². The maximum atomic E-state index is 5.87. The van der Waals surface area contributed by atoms with Gasteiger partial charge >= 0.3 is 0 Å². The van der Waals surface area contributed by atoms with Crippen LogP contribution in [0.15, 0.2) is 48.5 Å². The minimum Gasteiger partial charge on any atom is -0.398 e. The van der Waals surface area contributed by atoms with Crippen molar-refractivity contribution >= 4 is 17.3 Å². The Morgan fingerprint density at radius 3 is 2.50 bits per heavy atom. The number of anilines is 1. The Morgan fingerprint density at radius 1 is 0.938 bits per heavy atom. The van der Waals surface area contributed by atoms with E-state index >= 15 is 0 Å². The quantitative estimate of drug-likeness (QED) is 0.542. The van der Waals surface area contributed by atoms with Gasteiger partial charge < -0.3 is 5.73 Å². The molecule has 0 saturated heterocycles. The molecule has 0 saturated carbocycles. The summed E-state index contributed by atoms with van der Waals surface area (Å²) in [5.41, 5.74) is 8.20. The molecular formula is C14H10ClN. The highest BCUT2D eigenvalue weighted by atomic mass is 35.5. The molecule has 0 aromatic heterocycles. The minimum absolute atomic E-state index is 0.688. The Bertz CT molecular complexity index is 564. The molecule has 1 nitrogen and oxygen atoms in total. The van der Waals surface area contributed by atoms with Gasteiger partial charge in [0.2, 0.25) is 0 Å². The zero-order chi connectivity index (χ0) is 11.4. The standard InChI is InChI=1S/C14H10ClN/c15-13-6-3-4-11(10-13)8-9-12-5-1-2-7-14(12)16/h1-7,10H,16H2. The van der Waals surface area contributed by atoms with Crippen molar-refractivity contribution in [1.29, 1.82) is 0 Å². The van der Waals surface area contributed by atoms with Crippen molar-refractivity contribution in [3.63, 3.8) is 0 Å². The highest BCUT2D eigenvalue weighted by Gasteiger charge is 1.92. The van der Waals surface area contributed by atoms with Crippen LogP contribution in [0, 0.1) is 11.8 Å². The zero-order valence-electron chi connectivity index (χ0n) is 8.57. The molecule has 0 atom stereocenters. The van der Waals surface area contributed by atoms with Crippen LogP contribution in [-0.2, 0) is 0 Å². The molecule has 16 heavy (non-hydrogen) atoms. The number of hydrogen-bond donors (Lipinski definition) is 1. The number of hydrogen-bond acceptors (Lipinski definition) is 1. The average Bonchev–Trinajstić information content (AvgIpc) is 2.28. The molecule has 78 valence electrons. The van der Waals surface area contributed by atoms with Gasteiger partial charge in [0.05, 0.1) is 0 Å². The Kier molecular flexibility index (Phi) is 3.14. The fourth-order valence-corrected chi connectivity index (χ4v) is 1.51. The van der Waals surface area contributed by atoms with Crippen LogP contribution in [0.25, 0.3) is 0 Å². The molecule has 0 amide bonds. The first-order valence-electron chi connectivity index (χ1n) is 4.88. The van der Waals surface area contributed by atoms with E-state index in [1.807, 2.05) is 48.5 Å². The summed E-state index contributed by atoms with van der Waals surface area (Å²) in [6.07, 6.45) is 0. The summed E-state index contributed by atoms with van der Waals surface area (Å²) in [4.78, 5) is 0. The van der Waals surface area contributed by atoms with Gasteiger partial charge in [-0.2, -0.15) is 0 Å². The van der Waals surface area contributed by atoms with Crippen LogP contribution in [0.5, 0.6) is 0 Å². The van der Waals surface area contributed by atoms with Crippen LogP contribution in [0.1, 0.15) is 11.1 Å². The summed E-state index contributed by atoms with van der Waals surface area (Å²) in [5.74, 6) is 6.05. The molecule has 0 bridgehead atoms. The molecule has 2 rings (SSSR count). The molecule has 0 aliphatic heterocycles. The molecule has 0 fully saturated rings. The number of para-hydroxylation sites is 1. The Labute approximate surface area is 99.9 Å². The van der Waals surface area contributed by atoms with Gasteiger partial charge in [0.1, 0.15) is 0 Å². The first-order valence-corrected chi connectivity index (χ1v) is 5.25. The third-order valence-corrected chi connectivity index (χ3v) is 2.36. The summed E-state index contributed by atoms with van der Waals surface area (Å²) < 4.78 is 0. The van der Waals surface area contributed by atoms with Crippen LogP contribution >= 0.6 is 11.6 Å². The van der Waals surface area contributed by atoms with E-state index < -0.39 is 0 Å². The van der Waals surface area contributed by atoms with E-state index in [4.69, 9.17) is 17.3 Å². The molecule has 0 heterocycles. The van der Waals surface area contributed by atoms with E-state index in [1.165, 1.54) is 0 Å². The third-order valence-electron chi connectivity index (χ3n) is 2.13. The van der Waals surface area contributed by atoms with E-state index in [2.05, 4.69) is 11.8 Å². The van der Waals surface area contributed by atoms with Crippen molar-refractivity contribution in [3.8, 4) is 11.8 Å². The van der Waals surface area contributed by atoms with E-state index in [1.54, 1.807) is 0 Å². The second kappa shape index (κ2) is 4.74. The third kappa shape index (κ3) is 2.56. The summed E-state index contributed by atoms with van der Waals surface area (Å²) in [6.45, 7) is 0. The first kappa shape index (κ1) is 10.6. The molecule has 2 heteroatoms. The second-order valence-electron chi connectivity index (χ2n) is 3.35. The molecule has 2 aromatic carbocycles. The second-order valence-corrected chi connectivity index (χ2v) is 3.78. The van der Waals surface area contributed by atoms with Crippen LogP contribution in [0.2, 0.25) is 5.02 Å². The van der Waals surface area contributed by atoms with Crippen molar-refractivity contribution in [1.82, 2.24) is 0 Å². The van der Waals surface area contributed by atoms with Gasteiger partial charge in [-0.15, -0.1) is 0 Å². The SMILES string of the molecule is Nc1ccccc1C#Cc1cccc(Cl)c1. The van der Waals surface area contributed by atoms with Crippen molar-refractivity contribution in [2.24, 2.45) is 0 Å². The Hall–Kier alpha value is -1.91. The molecule has 2 N–H and O–H groups in total. The topological polar surface area (TPSA) is 26.0 Å². The van der Waals surface area contributed by atoms with E-state index in [0.717, 1.165) is 11.1 Å². The van der Waals surface area contributed by atoms with Gasteiger partial charge in [-0.3, -0.25) is 0 Å². The lowest BCUT2D eigenvalue weighted by Crippen LogP contribution is -1.88. The van der Waals surface area contributed by atoms with Crippen LogP contribution in [-0.4, -0.2) is 0 Å². The lowest BCUT2D eigenvalue weighted by atomic mass is 10.1. The lowest BCUT2D eigenvalue weighted by Gasteiger charge is -1.95. The molecule has 0 spiro atoms. The van der Waals surface area contributed by atoms with Crippen molar-refractivity contribution in [2.75, 3.05) is 5.73 Å². The normalized spacial score (nSPS) is 9.31. The summed E-state index contributed by atoms with van der Waals surface area (Å²) in [5, 5.41) is 0.688. The summed E-state index contributed by atoms with van der Waals surface area (Å²) in [7, 11) is 0. The first-order chi connectivity index (χ1) is 7.75. The van der Waals surface area contributed by atoms with Crippen molar-refractivity contribution in [3.05, 3.63) is 64.7 Å². The van der Waals surface area contributed by atoms with Crippen LogP contribution in [0.3, 0.4) is 0 Å². The largest absolute Gasteiger partial charge is 0.398 e. The number of benzene rings is 2. The molecular weight excluding hydrogens is 218 g/mol. The molecule has 0 unspecified atom stereocenters. The highest BCUT2D eigenvalue weighted by Crippen LogP contribution is 2.11. The maximum absolute atomic E-state index is 5.87. The maximum Gasteiger partial charge on any atom is 0.0478 e. The van der Waals surface area contributed by atoms with Crippen LogP contribution < -0.4 is 5.73 Å².